The van der Waals surface area contributed by atoms with E-state index in [1.165, 1.54) is 12.0 Å². The van der Waals surface area contributed by atoms with Gasteiger partial charge in [0.1, 0.15) is 5.76 Å². The molecule has 0 radical (unpaired) electrons. The number of hydrogen-bond donors (Lipinski definition) is 2. The van der Waals surface area contributed by atoms with Crippen molar-refractivity contribution in [2.24, 2.45) is 4.99 Å². The van der Waals surface area contributed by atoms with Gasteiger partial charge in [-0.2, -0.15) is 0 Å². The molecule has 1 saturated heterocycles. The highest BCUT2D eigenvalue weighted by Gasteiger charge is 2.14. The molecule has 0 amide bonds. The summed E-state index contributed by atoms with van der Waals surface area (Å²) in [6.45, 7) is 3.36. The lowest BCUT2D eigenvalue weighted by Crippen LogP contribution is -2.40. The normalized spacial score (nSPS) is 18.6. The monoisotopic (exact) mass is 399 g/mol. The van der Waals surface area contributed by atoms with E-state index < -0.39 is 0 Å². The van der Waals surface area contributed by atoms with Crippen molar-refractivity contribution >= 4 is 5.96 Å². The fourth-order valence-corrected chi connectivity index (χ4v) is 3.50. The molecule has 1 atom stereocenters. The summed E-state index contributed by atoms with van der Waals surface area (Å²) in [7, 11) is 0. The van der Waals surface area contributed by atoms with Gasteiger partial charge in [0.25, 0.3) is 0 Å². The van der Waals surface area contributed by atoms with Gasteiger partial charge < -0.3 is 29.3 Å². The minimum atomic E-state index is 0.223. The molecule has 2 aliphatic heterocycles. The van der Waals surface area contributed by atoms with Gasteiger partial charge in [0, 0.05) is 26.1 Å². The molecule has 0 aliphatic carbocycles. The van der Waals surface area contributed by atoms with E-state index in [0.717, 1.165) is 68.6 Å². The molecule has 29 heavy (non-hydrogen) atoms. The molecule has 2 N–H and O–H groups in total. The fourth-order valence-electron chi connectivity index (χ4n) is 3.50. The number of nitrogens with zero attached hydrogens (tertiary/aromatic N) is 1. The van der Waals surface area contributed by atoms with Crippen molar-refractivity contribution in [3.63, 3.8) is 0 Å². The second-order valence-electron chi connectivity index (χ2n) is 7.30. The first-order chi connectivity index (χ1) is 14.4. The number of guanidine groups is 1. The maximum atomic E-state index is 5.80. The van der Waals surface area contributed by atoms with E-state index in [1.807, 2.05) is 24.3 Å². The summed E-state index contributed by atoms with van der Waals surface area (Å²) in [6.07, 6.45) is 7.07. The van der Waals surface area contributed by atoms with Crippen LogP contribution in [-0.4, -0.2) is 45.1 Å². The van der Waals surface area contributed by atoms with Crippen LogP contribution in [0, 0.1) is 0 Å². The topological polar surface area (TPSA) is 77.3 Å². The Balaban J connectivity index is 1.28. The third-order valence-corrected chi connectivity index (χ3v) is 5.11. The standard InChI is InChI=1S/C22H29N3O4/c1-2-12-27-19(4-1)15-25-22(24-11-9-18-5-3-13-26-18)23-10-8-17-6-7-20-21(14-17)29-16-28-20/h3,5-7,13-14,19H,1-2,4,8-12,15-16H2,(H2,23,24,25). The zero-order valence-corrected chi connectivity index (χ0v) is 16.7. The molecule has 1 unspecified atom stereocenters. The van der Waals surface area contributed by atoms with E-state index in [2.05, 4.69) is 16.7 Å². The van der Waals surface area contributed by atoms with Crippen LogP contribution in [0.15, 0.2) is 46.0 Å². The van der Waals surface area contributed by atoms with Crippen LogP contribution in [0.2, 0.25) is 0 Å². The predicted octanol–water partition coefficient (Wildman–Crippen LogP) is 2.90. The Morgan fingerprint density at radius 1 is 1.03 bits per heavy atom. The van der Waals surface area contributed by atoms with Crippen LogP contribution < -0.4 is 20.1 Å². The minimum absolute atomic E-state index is 0.223. The van der Waals surface area contributed by atoms with Crippen LogP contribution in [0.1, 0.15) is 30.6 Å². The Labute approximate surface area is 171 Å². The Morgan fingerprint density at radius 3 is 2.76 bits per heavy atom. The van der Waals surface area contributed by atoms with Crippen LogP contribution in [0.25, 0.3) is 0 Å². The van der Waals surface area contributed by atoms with Gasteiger partial charge in [0.15, 0.2) is 17.5 Å². The zero-order chi connectivity index (χ0) is 19.7. The largest absolute Gasteiger partial charge is 0.469 e. The first-order valence-electron chi connectivity index (χ1n) is 10.4. The lowest BCUT2D eigenvalue weighted by atomic mass is 10.1. The van der Waals surface area contributed by atoms with Gasteiger partial charge in [-0.05, 0) is 55.5 Å². The first-order valence-corrected chi connectivity index (χ1v) is 10.4. The number of aliphatic imine (C=N–C) groups is 1. The summed E-state index contributed by atoms with van der Waals surface area (Å²) in [5, 5.41) is 6.84. The summed E-state index contributed by atoms with van der Waals surface area (Å²) in [6, 6.07) is 9.98. The maximum Gasteiger partial charge on any atom is 0.231 e. The van der Waals surface area contributed by atoms with Crippen molar-refractivity contribution in [1.82, 2.24) is 10.6 Å². The SMILES string of the molecule is c1coc(CCNC(=NCC2CCCCO2)NCCc2ccc3c(c2)OCO3)c1. The Morgan fingerprint density at radius 2 is 1.93 bits per heavy atom. The molecule has 2 aromatic rings. The van der Waals surface area contributed by atoms with Crippen molar-refractivity contribution in [2.75, 3.05) is 33.0 Å². The Bertz CT molecular complexity index is 785. The van der Waals surface area contributed by atoms with Gasteiger partial charge in [0.2, 0.25) is 6.79 Å². The maximum absolute atomic E-state index is 5.80. The van der Waals surface area contributed by atoms with E-state index in [4.69, 9.17) is 23.6 Å². The number of hydrogen-bond acceptors (Lipinski definition) is 5. The van der Waals surface area contributed by atoms with Gasteiger partial charge in [-0.25, -0.2) is 0 Å². The van der Waals surface area contributed by atoms with E-state index in [0.29, 0.717) is 13.3 Å². The molecule has 1 aromatic heterocycles. The van der Waals surface area contributed by atoms with Crippen LogP contribution in [0.3, 0.4) is 0 Å². The van der Waals surface area contributed by atoms with Crippen molar-refractivity contribution in [2.45, 2.75) is 38.2 Å². The van der Waals surface area contributed by atoms with Gasteiger partial charge in [-0.15, -0.1) is 0 Å². The van der Waals surface area contributed by atoms with Crippen molar-refractivity contribution < 1.29 is 18.6 Å². The van der Waals surface area contributed by atoms with Crippen LogP contribution >= 0.6 is 0 Å². The number of ether oxygens (including phenoxy) is 3. The lowest BCUT2D eigenvalue weighted by molar-refractivity contribution is 0.0224. The molecule has 7 nitrogen and oxygen atoms in total. The smallest absolute Gasteiger partial charge is 0.231 e. The number of furan rings is 1. The highest BCUT2D eigenvalue weighted by atomic mass is 16.7. The van der Waals surface area contributed by atoms with Gasteiger partial charge >= 0.3 is 0 Å². The number of rotatable bonds is 8. The minimum Gasteiger partial charge on any atom is -0.469 e. The summed E-state index contributed by atoms with van der Waals surface area (Å²) < 4.78 is 22.0. The Hall–Kier alpha value is -2.67. The molecule has 4 rings (SSSR count). The average molecular weight is 399 g/mol. The van der Waals surface area contributed by atoms with Crippen LogP contribution in [-0.2, 0) is 17.6 Å². The van der Waals surface area contributed by atoms with E-state index >= 15 is 0 Å². The molecule has 0 saturated carbocycles. The second kappa shape index (κ2) is 10.2. The average Bonchev–Trinajstić information content (AvgIpc) is 3.44. The molecule has 7 heteroatoms. The van der Waals surface area contributed by atoms with Gasteiger partial charge in [0.05, 0.1) is 18.9 Å². The fraction of sp³-hybridized carbons (Fsp3) is 0.500. The lowest BCUT2D eigenvalue weighted by Gasteiger charge is -2.21. The van der Waals surface area contributed by atoms with Crippen LogP contribution in [0.5, 0.6) is 11.5 Å². The molecule has 1 aromatic carbocycles. The number of nitrogens with one attached hydrogen (secondary N) is 2. The van der Waals surface area contributed by atoms with E-state index in [1.54, 1.807) is 6.26 Å². The third kappa shape index (κ3) is 5.90. The first kappa shape index (κ1) is 19.6. The predicted molar refractivity (Wildman–Crippen MR) is 111 cm³/mol. The number of benzene rings is 1. The molecule has 1 fully saturated rings. The molecule has 0 spiro atoms. The summed E-state index contributed by atoms with van der Waals surface area (Å²) in [4.78, 5) is 4.75. The second-order valence-corrected chi connectivity index (χ2v) is 7.30. The van der Waals surface area contributed by atoms with Crippen molar-refractivity contribution in [1.29, 1.82) is 0 Å². The number of fused-ring (bicyclic) bond motifs is 1. The quantitative estimate of drug-likeness (QED) is 0.525. The molecule has 2 aliphatic rings. The third-order valence-electron chi connectivity index (χ3n) is 5.11. The molecule has 0 bridgehead atoms. The van der Waals surface area contributed by atoms with Crippen LogP contribution in [0.4, 0.5) is 0 Å². The molecular formula is C22H29N3O4. The Kier molecular flexibility index (Phi) is 6.91. The van der Waals surface area contributed by atoms with E-state index in [-0.39, 0.29) is 6.10 Å². The van der Waals surface area contributed by atoms with Crippen molar-refractivity contribution in [3.8, 4) is 11.5 Å². The molecule has 3 heterocycles. The molecular weight excluding hydrogens is 370 g/mol. The summed E-state index contributed by atoms with van der Waals surface area (Å²) >= 11 is 0. The molecule has 156 valence electrons. The van der Waals surface area contributed by atoms with E-state index in [9.17, 15) is 0 Å². The van der Waals surface area contributed by atoms with Crippen molar-refractivity contribution in [3.05, 3.63) is 47.9 Å². The van der Waals surface area contributed by atoms with Gasteiger partial charge in [-0.1, -0.05) is 6.07 Å². The zero-order valence-electron chi connectivity index (χ0n) is 16.7. The summed E-state index contributed by atoms with van der Waals surface area (Å²) in [5.74, 6) is 3.41. The summed E-state index contributed by atoms with van der Waals surface area (Å²) in [5.41, 5.74) is 1.20. The highest BCUT2D eigenvalue weighted by Crippen LogP contribution is 2.32. The highest BCUT2D eigenvalue weighted by molar-refractivity contribution is 5.79. The van der Waals surface area contributed by atoms with Gasteiger partial charge in [-0.3, -0.25) is 4.99 Å².